The summed E-state index contributed by atoms with van der Waals surface area (Å²) in [5, 5.41) is 21.8. The van der Waals surface area contributed by atoms with Gasteiger partial charge in [0.1, 0.15) is 0 Å². The highest BCUT2D eigenvalue weighted by atomic mass is 16.3. The third-order valence-corrected chi connectivity index (χ3v) is 3.30. The molecule has 3 heteroatoms. The van der Waals surface area contributed by atoms with Crippen LogP contribution in [0.5, 0.6) is 0 Å². The van der Waals surface area contributed by atoms with E-state index in [-0.39, 0.29) is 6.42 Å². The van der Waals surface area contributed by atoms with Crippen LogP contribution in [0.15, 0.2) is 0 Å². The lowest BCUT2D eigenvalue weighted by Crippen LogP contribution is -2.51. The van der Waals surface area contributed by atoms with E-state index >= 15 is 0 Å². The maximum absolute atomic E-state index is 9.95. The van der Waals surface area contributed by atoms with Crippen LogP contribution in [0.4, 0.5) is 0 Å². The summed E-state index contributed by atoms with van der Waals surface area (Å²) in [4.78, 5) is 0. The quantitative estimate of drug-likeness (QED) is 0.618. The Morgan fingerprint density at radius 3 is 2.92 bits per heavy atom. The number of fused-ring (bicyclic) bond motifs is 1. The monoisotopic (exact) mass is 166 g/mol. The number of nitrogens with zero attached hydrogens (tertiary/aromatic N) is 1. The number of nitrogens with one attached hydrogen (secondary N) is 1. The first kappa shape index (κ1) is 8.03. The van der Waals surface area contributed by atoms with Crippen molar-refractivity contribution < 1.29 is 5.11 Å². The van der Waals surface area contributed by atoms with Crippen molar-refractivity contribution in [3.8, 4) is 6.07 Å². The van der Waals surface area contributed by atoms with Crippen molar-refractivity contribution in [3.63, 3.8) is 0 Å². The molecular weight excluding hydrogens is 152 g/mol. The molecule has 3 rings (SSSR count). The van der Waals surface area contributed by atoms with Crippen LogP contribution in [0.1, 0.15) is 19.8 Å². The topological polar surface area (TPSA) is 56.0 Å². The smallest absolute Gasteiger partial charge is 0.0795 e. The SMILES string of the molecule is CC(O)(CC#N)C1C2CNC1C2. The Morgan fingerprint density at radius 2 is 2.50 bits per heavy atom. The van der Waals surface area contributed by atoms with Gasteiger partial charge in [-0.3, -0.25) is 0 Å². The summed E-state index contributed by atoms with van der Waals surface area (Å²) in [5.74, 6) is 0.926. The highest BCUT2D eigenvalue weighted by molar-refractivity contribution is 5.10. The Bertz CT molecular complexity index is 217. The van der Waals surface area contributed by atoms with E-state index in [0.29, 0.717) is 17.9 Å². The fourth-order valence-corrected chi connectivity index (χ4v) is 2.69. The Morgan fingerprint density at radius 1 is 1.75 bits per heavy atom. The van der Waals surface area contributed by atoms with Crippen LogP contribution in [0.3, 0.4) is 0 Å². The van der Waals surface area contributed by atoms with Crippen molar-refractivity contribution in [2.24, 2.45) is 11.8 Å². The first-order chi connectivity index (χ1) is 5.65. The molecule has 2 bridgehead atoms. The molecule has 4 atom stereocenters. The van der Waals surface area contributed by atoms with Gasteiger partial charge < -0.3 is 10.4 Å². The van der Waals surface area contributed by atoms with E-state index in [1.165, 1.54) is 6.42 Å². The van der Waals surface area contributed by atoms with Crippen molar-refractivity contribution >= 4 is 0 Å². The lowest BCUT2D eigenvalue weighted by Gasteiger charge is -2.43. The zero-order valence-electron chi connectivity index (χ0n) is 7.25. The number of rotatable bonds is 2. The molecule has 1 saturated carbocycles. The summed E-state index contributed by atoms with van der Waals surface area (Å²) in [6, 6.07) is 2.52. The largest absolute Gasteiger partial charge is 0.389 e. The molecule has 3 fully saturated rings. The van der Waals surface area contributed by atoms with Crippen molar-refractivity contribution in [1.29, 1.82) is 5.26 Å². The Balaban J connectivity index is 2.06. The van der Waals surface area contributed by atoms with Gasteiger partial charge in [-0.05, 0) is 25.8 Å². The van der Waals surface area contributed by atoms with Gasteiger partial charge in [0, 0.05) is 12.0 Å². The summed E-state index contributed by atoms with van der Waals surface area (Å²) >= 11 is 0. The zero-order valence-corrected chi connectivity index (χ0v) is 7.25. The first-order valence-corrected chi connectivity index (χ1v) is 4.48. The summed E-state index contributed by atoms with van der Waals surface area (Å²) in [6.45, 7) is 2.81. The molecule has 1 aliphatic carbocycles. The van der Waals surface area contributed by atoms with Crippen LogP contribution in [-0.4, -0.2) is 23.3 Å². The average molecular weight is 166 g/mol. The molecule has 0 aromatic carbocycles. The van der Waals surface area contributed by atoms with Crippen molar-refractivity contribution in [2.75, 3.05) is 6.54 Å². The molecule has 4 unspecified atom stereocenters. The predicted octanol–water partition coefficient (Wildman–Crippen LogP) is 0.259. The van der Waals surface area contributed by atoms with Crippen LogP contribution in [0.2, 0.25) is 0 Å². The molecule has 2 N–H and O–H groups in total. The van der Waals surface area contributed by atoms with Gasteiger partial charge in [0.2, 0.25) is 0 Å². The number of hydrogen-bond acceptors (Lipinski definition) is 3. The average Bonchev–Trinajstić information content (AvgIpc) is 2.40. The minimum Gasteiger partial charge on any atom is -0.389 e. The molecule has 0 radical (unpaired) electrons. The second-order valence-corrected chi connectivity index (χ2v) is 4.23. The molecule has 0 spiro atoms. The van der Waals surface area contributed by atoms with Crippen molar-refractivity contribution in [2.45, 2.75) is 31.4 Å². The molecule has 3 nitrogen and oxygen atoms in total. The highest BCUT2D eigenvalue weighted by Gasteiger charge is 2.54. The molecule has 2 aliphatic heterocycles. The normalized spacial score (nSPS) is 42.9. The molecule has 0 aromatic rings. The van der Waals surface area contributed by atoms with Gasteiger partial charge in [-0.25, -0.2) is 0 Å². The maximum atomic E-state index is 9.95. The molecule has 2 heterocycles. The van der Waals surface area contributed by atoms with Crippen molar-refractivity contribution in [3.05, 3.63) is 0 Å². The van der Waals surface area contributed by atoms with Gasteiger partial charge in [0.25, 0.3) is 0 Å². The third-order valence-electron chi connectivity index (χ3n) is 3.30. The molecule has 0 amide bonds. The van der Waals surface area contributed by atoms with Crippen molar-refractivity contribution in [1.82, 2.24) is 5.32 Å². The molecule has 2 saturated heterocycles. The first-order valence-electron chi connectivity index (χ1n) is 4.48. The fraction of sp³-hybridized carbons (Fsp3) is 0.889. The van der Waals surface area contributed by atoms with E-state index in [0.717, 1.165) is 6.54 Å². The molecule has 3 aliphatic rings. The van der Waals surface area contributed by atoms with E-state index in [1.54, 1.807) is 6.92 Å². The van der Waals surface area contributed by atoms with Crippen LogP contribution < -0.4 is 5.32 Å². The fourth-order valence-electron chi connectivity index (χ4n) is 2.69. The van der Waals surface area contributed by atoms with Crippen LogP contribution in [0.25, 0.3) is 0 Å². The summed E-state index contributed by atoms with van der Waals surface area (Å²) in [7, 11) is 0. The zero-order chi connectivity index (χ0) is 8.77. The lowest BCUT2D eigenvalue weighted by atomic mass is 9.64. The number of nitriles is 1. The van der Waals surface area contributed by atoms with Gasteiger partial charge in [-0.1, -0.05) is 0 Å². The third kappa shape index (κ3) is 0.954. The standard InChI is InChI=1S/C9H14N2O/c1-9(12,2-3-10)8-6-4-7(8)11-5-6/h6-8,11-12H,2,4-5H2,1H3. The number of hydrogen-bond donors (Lipinski definition) is 2. The predicted molar refractivity (Wildman–Crippen MR) is 44.2 cm³/mol. The Labute approximate surface area is 72.4 Å². The molecular formula is C9H14N2O. The van der Waals surface area contributed by atoms with E-state index in [4.69, 9.17) is 5.26 Å². The van der Waals surface area contributed by atoms with Gasteiger partial charge in [0.05, 0.1) is 18.1 Å². The van der Waals surface area contributed by atoms with Gasteiger partial charge in [0.15, 0.2) is 0 Å². The molecule has 0 aromatic heterocycles. The number of aliphatic hydroxyl groups is 1. The Kier molecular flexibility index (Phi) is 1.64. The Hall–Kier alpha value is -0.590. The van der Waals surface area contributed by atoms with E-state index in [9.17, 15) is 5.11 Å². The van der Waals surface area contributed by atoms with Crippen LogP contribution >= 0.6 is 0 Å². The van der Waals surface area contributed by atoms with E-state index in [1.807, 2.05) is 6.07 Å². The van der Waals surface area contributed by atoms with Crippen LogP contribution in [-0.2, 0) is 0 Å². The molecule has 12 heavy (non-hydrogen) atoms. The minimum absolute atomic E-state index is 0.256. The van der Waals surface area contributed by atoms with Gasteiger partial charge in [-0.15, -0.1) is 0 Å². The van der Waals surface area contributed by atoms with E-state index < -0.39 is 5.60 Å². The van der Waals surface area contributed by atoms with Crippen LogP contribution in [0, 0.1) is 23.2 Å². The van der Waals surface area contributed by atoms with E-state index in [2.05, 4.69) is 5.32 Å². The summed E-state index contributed by atoms with van der Waals surface area (Å²) in [6.07, 6.45) is 1.44. The summed E-state index contributed by atoms with van der Waals surface area (Å²) < 4.78 is 0. The lowest BCUT2D eigenvalue weighted by molar-refractivity contribution is -0.0552. The second kappa shape index (κ2) is 2.45. The highest BCUT2D eigenvalue weighted by Crippen LogP contribution is 2.47. The minimum atomic E-state index is -0.772. The van der Waals surface area contributed by atoms with Gasteiger partial charge >= 0.3 is 0 Å². The second-order valence-electron chi connectivity index (χ2n) is 4.23. The maximum Gasteiger partial charge on any atom is 0.0795 e. The summed E-state index contributed by atoms with van der Waals surface area (Å²) in [5.41, 5.74) is -0.772. The molecule has 66 valence electrons. The van der Waals surface area contributed by atoms with Gasteiger partial charge in [-0.2, -0.15) is 5.26 Å².